The molecule has 0 fully saturated rings. The largest absolute Gasteiger partial charge is 0.358 e. The van der Waals surface area contributed by atoms with E-state index in [4.69, 9.17) is 0 Å². The minimum Gasteiger partial charge on any atom is -0.358 e. The summed E-state index contributed by atoms with van der Waals surface area (Å²) in [6.07, 6.45) is 1.25. The van der Waals surface area contributed by atoms with Crippen molar-refractivity contribution >= 4 is 5.91 Å². The van der Waals surface area contributed by atoms with Crippen molar-refractivity contribution in [3.05, 3.63) is 12.2 Å². The lowest BCUT2D eigenvalue weighted by molar-refractivity contribution is -0.122. The molecule has 0 bridgehead atoms. The third-order valence-electron chi connectivity index (χ3n) is 1.61. The van der Waals surface area contributed by atoms with Crippen molar-refractivity contribution in [3.63, 3.8) is 0 Å². The van der Waals surface area contributed by atoms with Crippen molar-refractivity contribution in [3.8, 4) is 0 Å². The van der Waals surface area contributed by atoms with Gasteiger partial charge in [-0.05, 0) is 6.92 Å². The Kier molecular flexibility index (Phi) is 3.39. The van der Waals surface area contributed by atoms with Crippen LogP contribution in [-0.2, 0) is 11.3 Å². The fourth-order valence-corrected chi connectivity index (χ4v) is 0.824. The summed E-state index contributed by atoms with van der Waals surface area (Å²) in [4.78, 5) is 14.8. The van der Waals surface area contributed by atoms with E-state index in [0.29, 0.717) is 12.4 Å². The topological polar surface area (TPSA) is 80.0 Å². The van der Waals surface area contributed by atoms with Crippen LogP contribution in [0.2, 0.25) is 0 Å². The van der Waals surface area contributed by atoms with Crippen LogP contribution < -0.4 is 10.6 Å². The molecule has 0 aliphatic carbocycles. The average molecular weight is 184 g/mol. The Labute approximate surface area is 75.7 Å². The Morgan fingerprint density at radius 3 is 3.08 bits per heavy atom. The third-order valence-corrected chi connectivity index (χ3v) is 1.61. The van der Waals surface area contributed by atoms with E-state index >= 15 is 0 Å². The molecule has 13 heavy (non-hydrogen) atoms. The van der Waals surface area contributed by atoms with Gasteiger partial charge >= 0.3 is 0 Å². The highest BCUT2D eigenvalue weighted by atomic mass is 16.5. The summed E-state index contributed by atoms with van der Waals surface area (Å²) in [5, 5.41) is 9.06. The normalized spacial score (nSPS) is 12.5. The van der Waals surface area contributed by atoms with Crippen LogP contribution in [0.25, 0.3) is 0 Å². The number of hydrogen-bond donors (Lipinski definition) is 2. The molecule has 1 rings (SSSR count). The predicted octanol–water partition coefficient (Wildman–Crippen LogP) is -0.706. The summed E-state index contributed by atoms with van der Waals surface area (Å²) < 4.78 is 4.53. The summed E-state index contributed by atoms with van der Waals surface area (Å²) in [5.74, 6) is 0.472. The zero-order valence-electron chi connectivity index (χ0n) is 7.57. The molecular weight excluding hydrogens is 172 g/mol. The second kappa shape index (κ2) is 4.56. The fraction of sp³-hybridized carbons (Fsp3) is 0.571. The molecule has 0 radical (unpaired) electrons. The summed E-state index contributed by atoms with van der Waals surface area (Å²) in [6, 6.07) is -0.261. The van der Waals surface area contributed by atoms with Crippen molar-refractivity contribution in [1.82, 2.24) is 20.8 Å². The number of carbonyl (C=O) groups excluding carboxylic acids is 1. The average Bonchev–Trinajstić information content (AvgIpc) is 2.65. The minimum absolute atomic E-state index is 0.0662. The summed E-state index contributed by atoms with van der Waals surface area (Å²) in [6.45, 7) is 2.18. The van der Waals surface area contributed by atoms with Crippen LogP contribution >= 0.6 is 0 Å². The van der Waals surface area contributed by atoms with E-state index in [1.807, 2.05) is 0 Å². The molecule has 0 aliphatic heterocycles. The van der Waals surface area contributed by atoms with Crippen LogP contribution in [0.3, 0.4) is 0 Å². The van der Waals surface area contributed by atoms with Gasteiger partial charge in [-0.25, -0.2) is 0 Å². The smallest absolute Gasteiger partial charge is 0.236 e. The van der Waals surface area contributed by atoms with Gasteiger partial charge in [0.1, 0.15) is 0 Å². The quantitative estimate of drug-likeness (QED) is 0.646. The van der Waals surface area contributed by atoms with Gasteiger partial charge in [0.25, 0.3) is 0 Å². The number of hydrogen-bond acceptors (Lipinski definition) is 5. The van der Waals surface area contributed by atoms with E-state index < -0.39 is 0 Å². The molecule has 0 aliphatic rings. The second-order valence-corrected chi connectivity index (χ2v) is 2.56. The first kappa shape index (κ1) is 9.66. The lowest BCUT2D eigenvalue weighted by atomic mass is 10.3. The van der Waals surface area contributed by atoms with Gasteiger partial charge in [0.15, 0.2) is 5.82 Å². The Balaban J connectivity index is 2.30. The lowest BCUT2D eigenvalue weighted by Gasteiger charge is -2.09. The maximum absolute atomic E-state index is 11.0. The van der Waals surface area contributed by atoms with Crippen LogP contribution in [-0.4, -0.2) is 29.1 Å². The molecule has 6 nitrogen and oxygen atoms in total. The van der Waals surface area contributed by atoms with E-state index in [-0.39, 0.29) is 11.9 Å². The minimum atomic E-state index is -0.261. The molecular formula is C7H12N4O2. The van der Waals surface area contributed by atoms with Gasteiger partial charge in [0.2, 0.25) is 12.3 Å². The molecule has 1 aromatic rings. The van der Waals surface area contributed by atoms with Crippen molar-refractivity contribution in [2.24, 2.45) is 0 Å². The first-order chi connectivity index (χ1) is 6.24. The maximum Gasteiger partial charge on any atom is 0.236 e. The molecule has 0 saturated heterocycles. The highest BCUT2D eigenvalue weighted by Gasteiger charge is 2.10. The second-order valence-electron chi connectivity index (χ2n) is 2.56. The Morgan fingerprint density at radius 1 is 1.77 bits per heavy atom. The summed E-state index contributed by atoms with van der Waals surface area (Å²) >= 11 is 0. The molecule has 1 aromatic heterocycles. The standard InChI is InChI=1S/C7H12N4O2/c1-5(7(12)8-2)9-3-6-10-4-13-11-6/h4-5,9H,3H2,1-2H3,(H,8,12). The van der Waals surface area contributed by atoms with E-state index in [9.17, 15) is 4.79 Å². The number of nitrogens with one attached hydrogen (secondary N) is 2. The number of amides is 1. The van der Waals surface area contributed by atoms with Crippen molar-refractivity contribution < 1.29 is 9.32 Å². The maximum atomic E-state index is 11.0. The van der Waals surface area contributed by atoms with Gasteiger partial charge in [0.05, 0.1) is 12.6 Å². The number of carbonyl (C=O) groups is 1. The van der Waals surface area contributed by atoms with Crippen LogP contribution in [0, 0.1) is 0 Å². The van der Waals surface area contributed by atoms with Crippen molar-refractivity contribution in [2.45, 2.75) is 19.5 Å². The molecule has 1 unspecified atom stereocenters. The van der Waals surface area contributed by atoms with Gasteiger partial charge in [0, 0.05) is 7.05 Å². The zero-order chi connectivity index (χ0) is 9.68. The molecule has 0 saturated carbocycles. The predicted molar refractivity (Wildman–Crippen MR) is 44.7 cm³/mol. The van der Waals surface area contributed by atoms with Gasteiger partial charge in [-0.15, -0.1) is 0 Å². The van der Waals surface area contributed by atoms with Gasteiger partial charge < -0.3 is 9.84 Å². The van der Waals surface area contributed by atoms with Crippen molar-refractivity contribution in [1.29, 1.82) is 0 Å². The van der Waals surface area contributed by atoms with E-state index in [1.54, 1.807) is 14.0 Å². The van der Waals surface area contributed by atoms with Crippen LogP contribution in [0.4, 0.5) is 0 Å². The van der Waals surface area contributed by atoms with E-state index in [2.05, 4.69) is 25.3 Å². The van der Waals surface area contributed by atoms with Crippen LogP contribution in [0.5, 0.6) is 0 Å². The van der Waals surface area contributed by atoms with E-state index in [0.717, 1.165) is 0 Å². The monoisotopic (exact) mass is 184 g/mol. The zero-order valence-corrected chi connectivity index (χ0v) is 7.57. The molecule has 2 N–H and O–H groups in total. The number of likely N-dealkylation sites (N-methyl/N-ethyl adjacent to an activating group) is 1. The highest BCUT2D eigenvalue weighted by Crippen LogP contribution is 1.89. The number of nitrogens with zero attached hydrogens (tertiary/aromatic N) is 2. The van der Waals surface area contributed by atoms with Crippen LogP contribution in [0.1, 0.15) is 12.7 Å². The molecule has 0 aromatic carbocycles. The van der Waals surface area contributed by atoms with Crippen LogP contribution in [0.15, 0.2) is 10.9 Å². The SMILES string of the molecule is CNC(=O)C(C)NCc1ncon1. The lowest BCUT2D eigenvalue weighted by Crippen LogP contribution is -2.40. The summed E-state index contributed by atoms with van der Waals surface area (Å²) in [5.41, 5.74) is 0. The van der Waals surface area contributed by atoms with Gasteiger partial charge in [-0.2, -0.15) is 4.98 Å². The highest BCUT2D eigenvalue weighted by molar-refractivity contribution is 5.80. The fourth-order valence-electron chi connectivity index (χ4n) is 0.824. The van der Waals surface area contributed by atoms with Gasteiger partial charge in [-0.3, -0.25) is 10.1 Å². The Bertz CT molecular complexity index is 259. The Hall–Kier alpha value is -1.43. The number of aromatic nitrogens is 2. The molecule has 1 heterocycles. The Morgan fingerprint density at radius 2 is 2.54 bits per heavy atom. The molecule has 0 spiro atoms. The first-order valence-corrected chi connectivity index (χ1v) is 3.94. The van der Waals surface area contributed by atoms with Crippen molar-refractivity contribution in [2.75, 3.05) is 7.05 Å². The molecule has 1 atom stereocenters. The molecule has 1 amide bonds. The number of rotatable bonds is 4. The first-order valence-electron chi connectivity index (χ1n) is 3.94. The van der Waals surface area contributed by atoms with Gasteiger partial charge in [-0.1, -0.05) is 5.16 Å². The molecule has 72 valence electrons. The van der Waals surface area contributed by atoms with E-state index in [1.165, 1.54) is 6.39 Å². The molecule has 6 heteroatoms. The third kappa shape index (κ3) is 2.83. The summed E-state index contributed by atoms with van der Waals surface area (Å²) in [7, 11) is 1.59.